The lowest BCUT2D eigenvalue weighted by Crippen LogP contribution is -2.36. The molecule has 0 saturated heterocycles. The molecule has 1 aromatic rings. The molecule has 1 N–H and O–H groups in total. The van der Waals surface area contributed by atoms with Crippen molar-refractivity contribution in [1.82, 2.24) is 4.98 Å². The molecule has 0 aromatic carbocycles. The fourth-order valence-corrected chi connectivity index (χ4v) is 1.68. The van der Waals surface area contributed by atoms with Gasteiger partial charge in [0.1, 0.15) is 0 Å². The van der Waals surface area contributed by atoms with Gasteiger partial charge in [0.05, 0.1) is 0 Å². The van der Waals surface area contributed by atoms with Crippen molar-refractivity contribution >= 4 is 17.4 Å². The van der Waals surface area contributed by atoms with Gasteiger partial charge in [-0.2, -0.15) is 0 Å². The molecule has 0 aliphatic heterocycles. The van der Waals surface area contributed by atoms with Crippen LogP contribution in [0.15, 0.2) is 18.3 Å². The third-order valence-corrected chi connectivity index (χ3v) is 2.58. The second-order valence-corrected chi connectivity index (χ2v) is 4.86. The molecule has 0 aliphatic rings. The van der Waals surface area contributed by atoms with Gasteiger partial charge in [-0.1, -0.05) is 20.8 Å². The molecule has 4 heteroatoms. The second-order valence-electron chi connectivity index (χ2n) is 4.55. The van der Waals surface area contributed by atoms with Crippen molar-refractivity contribution in [3.63, 3.8) is 0 Å². The summed E-state index contributed by atoms with van der Waals surface area (Å²) in [5.74, 6) is 0.328. The molecule has 0 radical (unpaired) electrons. The summed E-state index contributed by atoms with van der Waals surface area (Å²) < 4.78 is 13.3. The van der Waals surface area contributed by atoms with Gasteiger partial charge in [0.15, 0.2) is 11.6 Å². The van der Waals surface area contributed by atoms with Crippen molar-refractivity contribution in [2.75, 3.05) is 11.2 Å². The first-order chi connectivity index (χ1) is 6.95. The highest BCUT2D eigenvalue weighted by Gasteiger charge is 2.24. The number of rotatable bonds is 3. The molecule has 0 amide bonds. The number of alkyl halides is 1. The monoisotopic (exact) mass is 230 g/mol. The minimum Gasteiger partial charge on any atom is -0.363 e. The molecule has 1 aromatic heterocycles. The van der Waals surface area contributed by atoms with Crippen molar-refractivity contribution in [2.45, 2.75) is 26.8 Å². The highest BCUT2D eigenvalue weighted by Crippen LogP contribution is 2.24. The zero-order valence-corrected chi connectivity index (χ0v) is 9.98. The fraction of sp³-hybridized carbons (Fsp3) is 0.545. The van der Waals surface area contributed by atoms with E-state index >= 15 is 0 Å². The fourth-order valence-electron chi connectivity index (χ4n) is 1.14. The lowest BCUT2D eigenvalue weighted by Gasteiger charge is -2.30. The van der Waals surface area contributed by atoms with Crippen molar-refractivity contribution in [2.24, 2.45) is 5.41 Å². The Morgan fingerprint density at radius 3 is 2.67 bits per heavy atom. The van der Waals surface area contributed by atoms with Crippen LogP contribution in [-0.2, 0) is 0 Å². The van der Waals surface area contributed by atoms with E-state index in [1.54, 1.807) is 12.3 Å². The summed E-state index contributed by atoms with van der Waals surface area (Å²) >= 11 is 5.84. The first-order valence-corrected chi connectivity index (χ1v) is 5.41. The van der Waals surface area contributed by atoms with Gasteiger partial charge < -0.3 is 5.32 Å². The van der Waals surface area contributed by atoms with Crippen LogP contribution in [-0.4, -0.2) is 16.9 Å². The molecule has 1 atom stereocenters. The summed E-state index contributed by atoms with van der Waals surface area (Å²) in [6.07, 6.45) is 1.55. The van der Waals surface area contributed by atoms with Gasteiger partial charge in [-0.15, -0.1) is 11.6 Å². The minimum atomic E-state index is -0.350. The van der Waals surface area contributed by atoms with E-state index in [1.807, 2.05) is 20.8 Å². The van der Waals surface area contributed by atoms with Gasteiger partial charge in [-0.25, -0.2) is 9.37 Å². The van der Waals surface area contributed by atoms with E-state index in [4.69, 9.17) is 11.6 Å². The van der Waals surface area contributed by atoms with Crippen LogP contribution >= 0.6 is 11.6 Å². The SMILES string of the molecule is CC(C)(C)C(CCl)Nc1ncccc1F. The first-order valence-electron chi connectivity index (χ1n) is 4.88. The maximum Gasteiger partial charge on any atom is 0.165 e. The summed E-state index contributed by atoms with van der Waals surface area (Å²) in [7, 11) is 0. The average molecular weight is 231 g/mol. The Hall–Kier alpha value is -0.830. The minimum absolute atomic E-state index is 0.0106. The number of hydrogen-bond donors (Lipinski definition) is 1. The summed E-state index contributed by atoms with van der Waals surface area (Å²) in [5, 5.41) is 3.02. The standard InChI is InChI=1S/C11H16ClFN2/c1-11(2,3)9(7-12)15-10-8(13)5-4-6-14-10/h4-6,9H,7H2,1-3H3,(H,14,15). The maximum atomic E-state index is 13.3. The Morgan fingerprint density at radius 1 is 1.53 bits per heavy atom. The predicted octanol–water partition coefficient (Wildman–Crippen LogP) is 3.29. The van der Waals surface area contributed by atoms with Gasteiger partial charge in [-0.05, 0) is 17.5 Å². The Labute approximate surface area is 94.9 Å². The average Bonchev–Trinajstić information content (AvgIpc) is 2.14. The van der Waals surface area contributed by atoms with Crippen LogP contribution in [0.3, 0.4) is 0 Å². The summed E-state index contributed by atoms with van der Waals surface area (Å²) in [5.41, 5.74) is -0.0360. The molecule has 2 nitrogen and oxygen atoms in total. The predicted molar refractivity (Wildman–Crippen MR) is 61.8 cm³/mol. The molecule has 15 heavy (non-hydrogen) atoms. The molecular weight excluding hydrogens is 215 g/mol. The summed E-state index contributed by atoms with van der Waals surface area (Å²) in [4.78, 5) is 3.93. The highest BCUT2D eigenvalue weighted by molar-refractivity contribution is 6.18. The molecular formula is C11H16ClFN2. The molecule has 0 bridgehead atoms. The van der Waals surface area contributed by atoms with E-state index in [0.29, 0.717) is 5.88 Å². The summed E-state index contributed by atoms with van der Waals surface area (Å²) in [6, 6.07) is 2.93. The number of halogens is 2. The number of hydrogen-bond acceptors (Lipinski definition) is 2. The Balaban J connectivity index is 2.80. The second kappa shape index (κ2) is 4.79. The maximum absolute atomic E-state index is 13.3. The van der Waals surface area contributed by atoms with E-state index in [0.717, 1.165) is 0 Å². The van der Waals surface area contributed by atoms with Crippen LogP contribution in [0.2, 0.25) is 0 Å². The van der Waals surface area contributed by atoms with E-state index in [9.17, 15) is 4.39 Å². The number of aromatic nitrogens is 1. The largest absolute Gasteiger partial charge is 0.363 e. The van der Waals surface area contributed by atoms with Crippen molar-refractivity contribution < 1.29 is 4.39 Å². The van der Waals surface area contributed by atoms with Crippen LogP contribution in [0, 0.1) is 11.2 Å². The van der Waals surface area contributed by atoms with Crippen molar-refractivity contribution in [3.05, 3.63) is 24.1 Å². The molecule has 0 aliphatic carbocycles. The van der Waals surface area contributed by atoms with Crippen LogP contribution in [0.1, 0.15) is 20.8 Å². The molecule has 1 unspecified atom stereocenters. The van der Waals surface area contributed by atoms with E-state index in [1.165, 1.54) is 6.07 Å². The van der Waals surface area contributed by atoms with Gasteiger partial charge in [0, 0.05) is 18.1 Å². The number of anilines is 1. The van der Waals surface area contributed by atoms with Gasteiger partial charge in [0.2, 0.25) is 0 Å². The van der Waals surface area contributed by atoms with Crippen LogP contribution < -0.4 is 5.32 Å². The smallest absolute Gasteiger partial charge is 0.165 e. The Morgan fingerprint density at radius 2 is 2.20 bits per heavy atom. The molecule has 0 spiro atoms. The first kappa shape index (κ1) is 12.2. The van der Waals surface area contributed by atoms with Gasteiger partial charge >= 0.3 is 0 Å². The van der Waals surface area contributed by atoms with Gasteiger partial charge in [-0.3, -0.25) is 0 Å². The third kappa shape index (κ3) is 3.34. The molecule has 84 valence electrons. The van der Waals surface area contributed by atoms with Crippen LogP contribution in [0.25, 0.3) is 0 Å². The zero-order valence-electron chi connectivity index (χ0n) is 9.22. The van der Waals surface area contributed by atoms with Crippen molar-refractivity contribution in [3.8, 4) is 0 Å². The van der Waals surface area contributed by atoms with Crippen LogP contribution in [0.4, 0.5) is 10.2 Å². The lowest BCUT2D eigenvalue weighted by atomic mass is 9.88. The van der Waals surface area contributed by atoms with E-state index in [2.05, 4.69) is 10.3 Å². The number of nitrogens with one attached hydrogen (secondary N) is 1. The Bertz CT molecular complexity index is 323. The zero-order chi connectivity index (χ0) is 11.5. The van der Waals surface area contributed by atoms with E-state index < -0.39 is 0 Å². The summed E-state index contributed by atoms with van der Waals surface area (Å²) in [6.45, 7) is 6.15. The van der Waals surface area contributed by atoms with E-state index in [-0.39, 0.29) is 23.1 Å². The molecule has 1 rings (SSSR count). The van der Waals surface area contributed by atoms with Crippen LogP contribution in [0.5, 0.6) is 0 Å². The molecule has 1 heterocycles. The number of nitrogens with zero attached hydrogens (tertiary/aromatic N) is 1. The normalized spacial score (nSPS) is 13.7. The highest BCUT2D eigenvalue weighted by atomic mass is 35.5. The topological polar surface area (TPSA) is 24.9 Å². The number of pyridine rings is 1. The third-order valence-electron chi connectivity index (χ3n) is 2.27. The van der Waals surface area contributed by atoms with Crippen molar-refractivity contribution in [1.29, 1.82) is 0 Å². The molecule has 0 saturated carbocycles. The quantitative estimate of drug-likeness (QED) is 0.807. The van der Waals surface area contributed by atoms with Gasteiger partial charge in [0.25, 0.3) is 0 Å². The molecule has 0 fully saturated rings. The lowest BCUT2D eigenvalue weighted by molar-refractivity contribution is 0.360. The Kier molecular flexibility index (Phi) is 3.91.